The molecule has 120 valence electrons. The van der Waals surface area contributed by atoms with Crippen LogP contribution in [-0.2, 0) is 21.2 Å². The Kier molecular flexibility index (Phi) is 4.16. The molecule has 0 saturated carbocycles. The number of nitrogens with one attached hydrogen (secondary N) is 1. The molecule has 7 heteroatoms. The van der Waals surface area contributed by atoms with Crippen LogP contribution in [0.5, 0.6) is 0 Å². The van der Waals surface area contributed by atoms with E-state index in [2.05, 4.69) is 20.7 Å². The second-order valence-electron chi connectivity index (χ2n) is 5.30. The maximum atomic E-state index is 12.5. The zero-order valence-corrected chi connectivity index (χ0v) is 14.8. The molecule has 1 N–H and O–H groups in total. The van der Waals surface area contributed by atoms with Crippen molar-refractivity contribution in [2.75, 3.05) is 16.2 Å². The van der Waals surface area contributed by atoms with Gasteiger partial charge < -0.3 is 4.90 Å². The van der Waals surface area contributed by atoms with Gasteiger partial charge in [0.2, 0.25) is 5.91 Å². The van der Waals surface area contributed by atoms with Gasteiger partial charge in [0.25, 0.3) is 10.0 Å². The first-order chi connectivity index (χ1) is 10.9. The SMILES string of the molecule is CC(=O)N1CCc2ccc(NS(=O)(=O)c3ccccc3Br)cc21. The predicted octanol–water partition coefficient (Wildman–Crippen LogP) is 3.16. The summed E-state index contributed by atoms with van der Waals surface area (Å²) in [5, 5.41) is 0. The highest BCUT2D eigenvalue weighted by Crippen LogP contribution is 2.32. The molecule has 1 heterocycles. The first-order valence-electron chi connectivity index (χ1n) is 7.07. The van der Waals surface area contributed by atoms with Crippen molar-refractivity contribution in [3.63, 3.8) is 0 Å². The van der Waals surface area contributed by atoms with E-state index in [1.54, 1.807) is 35.2 Å². The van der Waals surface area contributed by atoms with Gasteiger partial charge in [-0.25, -0.2) is 8.42 Å². The van der Waals surface area contributed by atoms with Crippen molar-refractivity contribution in [3.8, 4) is 0 Å². The van der Waals surface area contributed by atoms with Crippen LogP contribution in [0.4, 0.5) is 11.4 Å². The van der Waals surface area contributed by atoms with Crippen molar-refractivity contribution in [3.05, 3.63) is 52.5 Å². The molecule has 0 fully saturated rings. The van der Waals surface area contributed by atoms with Gasteiger partial charge >= 0.3 is 0 Å². The fourth-order valence-electron chi connectivity index (χ4n) is 2.64. The zero-order chi connectivity index (χ0) is 16.6. The van der Waals surface area contributed by atoms with E-state index in [0.29, 0.717) is 16.7 Å². The van der Waals surface area contributed by atoms with Gasteiger partial charge in [-0.15, -0.1) is 0 Å². The number of nitrogens with zero attached hydrogens (tertiary/aromatic N) is 1. The summed E-state index contributed by atoms with van der Waals surface area (Å²) >= 11 is 3.25. The number of sulfonamides is 1. The lowest BCUT2D eigenvalue weighted by atomic mass is 10.1. The first-order valence-corrected chi connectivity index (χ1v) is 9.34. The lowest BCUT2D eigenvalue weighted by Gasteiger charge is -2.16. The van der Waals surface area contributed by atoms with Crippen LogP contribution in [0.25, 0.3) is 0 Å². The number of fused-ring (bicyclic) bond motifs is 1. The second-order valence-corrected chi connectivity index (χ2v) is 7.81. The summed E-state index contributed by atoms with van der Waals surface area (Å²) in [5.41, 5.74) is 2.25. The molecule has 0 atom stereocenters. The van der Waals surface area contributed by atoms with Crippen LogP contribution < -0.4 is 9.62 Å². The molecule has 1 aliphatic heterocycles. The summed E-state index contributed by atoms with van der Waals surface area (Å²) in [6, 6.07) is 11.9. The monoisotopic (exact) mass is 394 g/mol. The van der Waals surface area contributed by atoms with Crippen LogP contribution in [0.1, 0.15) is 12.5 Å². The molecule has 3 rings (SSSR count). The van der Waals surface area contributed by atoms with Gasteiger partial charge in [-0.05, 0) is 52.2 Å². The van der Waals surface area contributed by atoms with Crippen molar-refractivity contribution < 1.29 is 13.2 Å². The van der Waals surface area contributed by atoms with E-state index in [1.165, 1.54) is 13.0 Å². The molecule has 0 aromatic heterocycles. The quantitative estimate of drug-likeness (QED) is 0.868. The van der Waals surface area contributed by atoms with Crippen molar-refractivity contribution in [1.82, 2.24) is 0 Å². The molecule has 1 aliphatic rings. The van der Waals surface area contributed by atoms with Gasteiger partial charge in [-0.2, -0.15) is 0 Å². The number of hydrogen-bond acceptors (Lipinski definition) is 3. The van der Waals surface area contributed by atoms with Gasteiger partial charge in [0.05, 0.1) is 5.69 Å². The third-order valence-corrected chi connectivity index (χ3v) is 6.13. The smallest absolute Gasteiger partial charge is 0.263 e. The summed E-state index contributed by atoms with van der Waals surface area (Å²) < 4.78 is 28.1. The molecule has 1 amide bonds. The third kappa shape index (κ3) is 3.11. The highest BCUT2D eigenvalue weighted by atomic mass is 79.9. The molecule has 2 aromatic carbocycles. The number of hydrogen-bond donors (Lipinski definition) is 1. The summed E-state index contributed by atoms with van der Waals surface area (Å²) in [4.78, 5) is 13.5. The molecule has 0 spiro atoms. The molecule has 23 heavy (non-hydrogen) atoms. The Hall–Kier alpha value is -1.86. The van der Waals surface area contributed by atoms with E-state index in [1.807, 2.05) is 6.07 Å². The van der Waals surface area contributed by atoms with Crippen LogP contribution in [0, 0.1) is 0 Å². The molecule has 0 bridgehead atoms. The minimum atomic E-state index is -3.70. The van der Waals surface area contributed by atoms with Crippen molar-refractivity contribution in [2.24, 2.45) is 0 Å². The van der Waals surface area contributed by atoms with Crippen molar-refractivity contribution in [1.29, 1.82) is 0 Å². The third-order valence-electron chi connectivity index (χ3n) is 3.74. The highest BCUT2D eigenvalue weighted by Gasteiger charge is 2.24. The normalized spacial score (nSPS) is 13.7. The Labute approximate surface area is 143 Å². The Morgan fingerprint density at radius 1 is 1.22 bits per heavy atom. The fraction of sp³-hybridized carbons (Fsp3) is 0.188. The number of carbonyl (C=O) groups is 1. The lowest BCUT2D eigenvalue weighted by Crippen LogP contribution is -2.25. The largest absolute Gasteiger partial charge is 0.312 e. The molecule has 0 unspecified atom stereocenters. The number of rotatable bonds is 3. The Balaban J connectivity index is 1.94. The minimum absolute atomic E-state index is 0.0467. The van der Waals surface area contributed by atoms with E-state index in [4.69, 9.17) is 0 Å². The Bertz CT molecular complexity index is 881. The minimum Gasteiger partial charge on any atom is -0.312 e. The lowest BCUT2D eigenvalue weighted by molar-refractivity contribution is -0.116. The number of carbonyl (C=O) groups excluding carboxylic acids is 1. The van der Waals surface area contributed by atoms with E-state index in [0.717, 1.165) is 17.7 Å². The first kappa shape index (κ1) is 16.0. The van der Waals surface area contributed by atoms with Gasteiger partial charge in [0.15, 0.2) is 0 Å². The van der Waals surface area contributed by atoms with Crippen LogP contribution in [0.3, 0.4) is 0 Å². The molecule has 2 aromatic rings. The molecule has 5 nitrogen and oxygen atoms in total. The van der Waals surface area contributed by atoms with Crippen LogP contribution in [-0.4, -0.2) is 20.9 Å². The number of anilines is 2. The predicted molar refractivity (Wildman–Crippen MR) is 93.1 cm³/mol. The van der Waals surface area contributed by atoms with Gasteiger partial charge in [-0.3, -0.25) is 9.52 Å². The van der Waals surface area contributed by atoms with Crippen LogP contribution in [0.15, 0.2) is 51.8 Å². The van der Waals surface area contributed by atoms with Crippen molar-refractivity contribution in [2.45, 2.75) is 18.2 Å². The molecule has 0 aliphatic carbocycles. The fourth-order valence-corrected chi connectivity index (χ4v) is 4.70. The highest BCUT2D eigenvalue weighted by molar-refractivity contribution is 9.10. The molecular weight excluding hydrogens is 380 g/mol. The molecular formula is C16H15BrN2O3S. The summed E-state index contributed by atoms with van der Waals surface area (Å²) in [5.74, 6) is -0.0467. The maximum Gasteiger partial charge on any atom is 0.263 e. The van der Waals surface area contributed by atoms with Gasteiger partial charge in [0, 0.05) is 23.6 Å². The van der Waals surface area contributed by atoms with E-state index >= 15 is 0 Å². The van der Waals surface area contributed by atoms with E-state index in [-0.39, 0.29) is 10.8 Å². The van der Waals surface area contributed by atoms with Crippen LogP contribution in [0.2, 0.25) is 0 Å². The topological polar surface area (TPSA) is 66.5 Å². The number of halogens is 1. The Morgan fingerprint density at radius 2 is 1.96 bits per heavy atom. The second kappa shape index (κ2) is 5.98. The van der Waals surface area contributed by atoms with Crippen molar-refractivity contribution >= 4 is 43.2 Å². The average molecular weight is 395 g/mol. The number of benzene rings is 2. The average Bonchev–Trinajstić information content (AvgIpc) is 2.90. The summed E-state index contributed by atoms with van der Waals surface area (Å²) in [6.45, 7) is 2.14. The van der Waals surface area contributed by atoms with Gasteiger partial charge in [-0.1, -0.05) is 18.2 Å². The van der Waals surface area contributed by atoms with Crippen LogP contribution >= 0.6 is 15.9 Å². The Morgan fingerprint density at radius 3 is 2.65 bits per heavy atom. The summed E-state index contributed by atoms with van der Waals surface area (Å²) in [7, 11) is -3.70. The number of amides is 1. The molecule has 0 radical (unpaired) electrons. The summed E-state index contributed by atoms with van der Waals surface area (Å²) in [6.07, 6.45) is 0.784. The standard InChI is InChI=1S/C16H15BrN2O3S/c1-11(20)19-9-8-12-6-7-13(10-15(12)19)18-23(21,22)16-5-3-2-4-14(16)17/h2-7,10,18H,8-9H2,1H3. The molecule has 0 saturated heterocycles. The van der Waals surface area contributed by atoms with E-state index in [9.17, 15) is 13.2 Å². The zero-order valence-electron chi connectivity index (χ0n) is 12.4. The van der Waals surface area contributed by atoms with Gasteiger partial charge in [0.1, 0.15) is 4.90 Å². The maximum absolute atomic E-state index is 12.5. The van der Waals surface area contributed by atoms with E-state index < -0.39 is 10.0 Å².